The third-order valence-corrected chi connectivity index (χ3v) is 5.61. The number of piperidine rings is 1. The average molecular weight is 248 g/mol. The van der Waals surface area contributed by atoms with E-state index >= 15 is 0 Å². The van der Waals surface area contributed by atoms with Crippen molar-refractivity contribution >= 4 is 10.2 Å². The summed E-state index contributed by atoms with van der Waals surface area (Å²) in [5.41, 5.74) is 0. The summed E-state index contributed by atoms with van der Waals surface area (Å²) in [5.74, 6) is 0. The number of rotatable bonds is 5. The fourth-order valence-electron chi connectivity index (χ4n) is 2.38. The minimum Gasteiger partial charge on any atom is -0.195 e. The Labute approximate surface area is 99.8 Å². The van der Waals surface area contributed by atoms with Gasteiger partial charge in [0.15, 0.2) is 0 Å². The van der Waals surface area contributed by atoms with E-state index in [9.17, 15) is 8.42 Å². The molecule has 0 radical (unpaired) electrons. The van der Waals surface area contributed by atoms with Crippen LogP contribution < -0.4 is 0 Å². The molecule has 0 aromatic rings. The fraction of sp³-hybridized carbons (Fsp3) is 1.00. The van der Waals surface area contributed by atoms with Gasteiger partial charge in [-0.05, 0) is 19.3 Å². The first-order valence-electron chi connectivity index (χ1n) is 6.34. The molecule has 0 saturated carbocycles. The molecule has 5 heteroatoms. The maximum atomic E-state index is 12.4. The molecule has 1 fully saturated rings. The minimum atomic E-state index is -3.22. The average Bonchev–Trinajstić information content (AvgIpc) is 2.30. The molecule has 1 aliphatic heterocycles. The third-order valence-electron chi connectivity index (χ3n) is 3.37. The van der Waals surface area contributed by atoms with Gasteiger partial charge in [-0.15, -0.1) is 0 Å². The van der Waals surface area contributed by atoms with Crippen LogP contribution in [0.1, 0.15) is 46.5 Å². The molecule has 0 spiro atoms. The SMILES string of the molecule is CCC1CCCCN1S(=O)(=O)N(CC)CC. The second-order valence-corrected chi connectivity index (χ2v) is 6.14. The van der Waals surface area contributed by atoms with E-state index in [-0.39, 0.29) is 6.04 Å². The van der Waals surface area contributed by atoms with Gasteiger partial charge < -0.3 is 0 Å². The normalized spacial score (nSPS) is 23.9. The molecule has 96 valence electrons. The van der Waals surface area contributed by atoms with Gasteiger partial charge in [0.05, 0.1) is 0 Å². The van der Waals surface area contributed by atoms with Crippen molar-refractivity contribution in [3.8, 4) is 0 Å². The first-order chi connectivity index (χ1) is 7.57. The zero-order chi connectivity index (χ0) is 12.2. The molecular weight excluding hydrogens is 224 g/mol. The molecule has 4 nitrogen and oxygen atoms in total. The summed E-state index contributed by atoms with van der Waals surface area (Å²) in [6, 6.07) is 0.208. The molecule has 1 saturated heterocycles. The Morgan fingerprint density at radius 3 is 2.31 bits per heavy atom. The van der Waals surface area contributed by atoms with E-state index in [4.69, 9.17) is 0 Å². The van der Waals surface area contributed by atoms with E-state index in [1.54, 1.807) is 8.61 Å². The van der Waals surface area contributed by atoms with Crippen molar-refractivity contribution < 1.29 is 8.42 Å². The smallest absolute Gasteiger partial charge is 0.195 e. The van der Waals surface area contributed by atoms with Gasteiger partial charge in [0.1, 0.15) is 0 Å². The van der Waals surface area contributed by atoms with Crippen molar-refractivity contribution in [1.29, 1.82) is 0 Å². The highest BCUT2D eigenvalue weighted by Crippen LogP contribution is 2.24. The molecule has 1 aliphatic rings. The van der Waals surface area contributed by atoms with Gasteiger partial charge in [-0.25, -0.2) is 0 Å². The largest absolute Gasteiger partial charge is 0.282 e. The molecule has 0 amide bonds. The molecule has 0 N–H and O–H groups in total. The van der Waals surface area contributed by atoms with Crippen molar-refractivity contribution in [2.45, 2.75) is 52.5 Å². The van der Waals surface area contributed by atoms with Crippen LogP contribution in [0.2, 0.25) is 0 Å². The van der Waals surface area contributed by atoms with Crippen molar-refractivity contribution in [3.63, 3.8) is 0 Å². The van der Waals surface area contributed by atoms with Gasteiger partial charge in [-0.3, -0.25) is 0 Å². The van der Waals surface area contributed by atoms with Crippen LogP contribution in [0.25, 0.3) is 0 Å². The number of nitrogens with zero attached hydrogens (tertiary/aromatic N) is 2. The van der Waals surface area contributed by atoms with E-state index in [2.05, 4.69) is 6.92 Å². The van der Waals surface area contributed by atoms with Crippen molar-refractivity contribution in [2.24, 2.45) is 0 Å². The summed E-state index contributed by atoms with van der Waals surface area (Å²) < 4.78 is 28.0. The van der Waals surface area contributed by atoms with Crippen molar-refractivity contribution in [1.82, 2.24) is 8.61 Å². The van der Waals surface area contributed by atoms with Gasteiger partial charge in [0.25, 0.3) is 10.2 Å². The van der Waals surface area contributed by atoms with E-state index in [1.165, 1.54) is 0 Å². The lowest BCUT2D eigenvalue weighted by Gasteiger charge is -2.37. The predicted molar refractivity (Wildman–Crippen MR) is 66.5 cm³/mol. The van der Waals surface area contributed by atoms with Crippen LogP contribution >= 0.6 is 0 Å². The van der Waals surface area contributed by atoms with Crippen LogP contribution in [0.3, 0.4) is 0 Å². The molecular formula is C11H24N2O2S. The second-order valence-electron chi connectivity index (χ2n) is 4.26. The molecule has 1 unspecified atom stereocenters. The Kier molecular flexibility index (Phi) is 5.21. The van der Waals surface area contributed by atoms with Gasteiger partial charge in [0.2, 0.25) is 0 Å². The Bertz CT molecular complexity index is 299. The molecule has 1 atom stereocenters. The Balaban J connectivity index is 2.87. The van der Waals surface area contributed by atoms with Crippen molar-refractivity contribution in [3.05, 3.63) is 0 Å². The van der Waals surface area contributed by atoms with E-state index < -0.39 is 10.2 Å². The Morgan fingerprint density at radius 2 is 1.81 bits per heavy atom. The van der Waals surface area contributed by atoms with Gasteiger partial charge in [-0.2, -0.15) is 17.0 Å². The first kappa shape index (κ1) is 13.9. The summed E-state index contributed by atoms with van der Waals surface area (Å²) in [7, 11) is -3.22. The molecule has 1 rings (SSSR count). The van der Waals surface area contributed by atoms with Crippen LogP contribution in [0.15, 0.2) is 0 Å². The Morgan fingerprint density at radius 1 is 1.19 bits per heavy atom. The molecule has 1 heterocycles. The lowest BCUT2D eigenvalue weighted by molar-refractivity contribution is 0.228. The van der Waals surface area contributed by atoms with Crippen LogP contribution in [0.4, 0.5) is 0 Å². The Hall–Kier alpha value is -0.130. The second kappa shape index (κ2) is 5.98. The predicted octanol–water partition coefficient (Wildman–Crippen LogP) is 1.84. The maximum absolute atomic E-state index is 12.4. The van der Waals surface area contributed by atoms with Crippen LogP contribution in [-0.2, 0) is 10.2 Å². The van der Waals surface area contributed by atoms with Crippen LogP contribution in [0, 0.1) is 0 Å². The molecule has 0 aromatic heterocycles. The van der Waals surface area contributed by atoms with Gasteiger partial charge in [0, 0.05) is 25.7 Å². The third kappa shape index (κ3) is 2.76. The quantitative estimate of drug-likeness (QED) is 0.745. The lowest BCUT2D eigenvalue weighted by atomic mass is 10.0. The zero-order valence-electron chi connectivity index (χ0n) is 10.6. The van der Waals surface area contributed by atoms with Crippen LogP contribution in [0.5, 0.6) is 0 Å². The maximum Gasteiger partial charge on any atom is 0.282 e. The standard InChI is InChI=1S/C11H24N2O2S/c1-4-11-9-7-8-10-13(11)16(14,15)12(5-2)6-3/h11H,4-10H2,1-3H3. The van der Waals surface area contributed by atoms with Crippen LogP contribution in [-0.4, -0.2) is 42.7 Å². The zero-order valence-corrected chi connectivity index (χ0v) is 11.5. The highest BCUT2D eigenvalue weighted by atomic mass is 32.2. The molecule has 0 bridgehead atoms. The summed E-state index contributed by atoms with van der Waals surface area (Å²) in [4.78, 5) is 0. The van der Waals surface area contributed by atoms with E-state index in [0.717, 1.165) is 25.7 Å². The highest BCUT2D eigenvalue weighted by molar-refractivity contribution is 7.86. The minimum absolute atomic E-state index is 0.208. The molecule has 0 aromatic carbocycles. The van der Waals surface area contributed by atoms with E-state index in [0.29, 0.717) is 19.6 Å². The van der Waals surface area contributed by atoms with Gasteiger partial charge >= 0.3 is 0 Å². The van der Waals surface area contributed by atoms with Gasteiger partial charge in [-0.1, -0.05) is 27.2 Å². The summed E-state index contributed by atoms with van der Waals surface area (Å²) >= 11 is 0. The topological polar surface area (TPSA) is 40.6 Å². The lowest BCUT2D eigenvalue weighted by Crippen LogP contribution is -2.50. The summed E-state index contributed by atoms with van der Waals surface area (Å²) in [6.07, 6.45) is 4.08. The van der Waals surface area contributed by atoms with E-state index in [1.807, 2.05) is 13.8 Å². The number of hydrogen-bond donors (Lipinski definition) is 0. The number of hydrogen-bond acceptors (Lipinski definition) is 2. The summed E-state index contributed by atoms with van der Waals surface area (Å²) in [5, 5.41) is 0. The highest BCUT2D eigenvalue weighted by Gasteiger charge is 2.34. The monoisotopic (exact) mass is 248 g/mol. The van der Waals surface area contributed by atoms with Crippen molar-refractivity contribution in [2.75, 3.05) is 19.6 Å². The first-order valence-corrected chi connectivity index (χ1v) is 7.74. The molecule has 16 heavy (non-hydrogen) atoms. The summed E-state index contributed by atoms with van der Waals surface area (Å²) in [6.45, 7) is 7.67. The fourth-order valence-corrected chi connectivity index (χ4v) is 4.32. The molecule has 0 aliphatic carbocycles.